The molecule has 0 aliphatic heterocycles. The Morgan fingerprint density at radius 2 is 2.00 bits per heavy atom. The molecule has 1 rings (SSSR count). The lowest BCUT2D eigenvalue weighted by Gasteiger charge is -2.21. The molecule has 0 aliphatic carbocycles. The molecule has 0 spiro atoms. The number of nitrogens with one attached hydrogen (secondary N) is 1. The Kier molecular flexibility index (Phi) is 6.95. The largest absolute Gasteiger partial charge is 0.389 e. The molecule has 0 saturated carbocycles. The standard InChI is InChI=1S/C14H18BrF4N/c1-2-8-20-13(4-3-7-14(17,18)19)11-9-10(16)5-6-12(11)15/h5-6,9,13,20H,2-4,7-8H2,1H3. The third kappa shape index (κ3) is 6.22. The van der Waals surface area contributed by atoms with Gasteiger partial charge in [-0.2, -0.15) is 13.2 Å². The smallest absolute Gasteiger partial charge is 0.310 e. The van der Waals surface area contributed by atoms with Crippen molar-refractivity contribution in [1.82, 2.24) is 5.32 Å². The van der Waals surface area contributed by atoms with E-state index in [2.05, 4.69) is 21.2 Å². The van der Waals surface area contributed by atoms with Crippen LogP contribution in [0.5, 0.6) is 0 Å². The van der Waals surface area contributed by atoms with Crippen molar-refractivity contribution in [2.75, 3.05) is 6.54 Å². The number of benzene rings is 1. The molecule has 0 radical (unpaired) electrons. The van der Waals surface area contributed by atoms with Crippen LogP contribution in [-0.2, 0) is 0 Å². The molecular weight excluding hydrogens is 338 g/mol. The number of hydrogen-bond acceptors (Lipinski definition) is 1. The Morgan fingerprint density at radius 3 is 2.60 bits per heavy atom. The number of alkyl halides is 3. The predicted molar refractivity (Wildman–Crippen MR) is 75.0 cm³/mol. The quantitative estimate of drug-likeness (QED) is 0.649. The fourth-order valence-electron chi connectivity index (χ4n) is 1.97. The van der Waals surface area contributed by atoms with Crippen LogP contribution in [0.15, 0.2) is 22.7 Å². The fraction of sp³-hybridized carbons (Fsp3) is 0.571. The summed E-state index contributed by atoms with van der Waals surface area (Å²) in [6, 6.07) is 3.99. The minimum absolute atomic E-state index is 0.0217. The maximum atomic E-state index is 13.3. The summed E-state index contributed by atoms with van der Waals surface area (Å²) in [5.41, 5.74) is 0.667. The summed E-state index contributed by atoms with van der Waals surface area (Å²) in [5, 5.41) is 3.18. The van der Waals surface area contributed by atoms with Gasteiger partial charge in [-0.3, -0.25) is 0 Å². The molecule has 0 aromatic heterocycles. The zero-order chi connectivity index (χ0) is 15.2. The molecule has 1 aromatic carbocycles. The van der Waals surface area contributed by atoms with Crippen LogP contribution >= 0.6 is 15.9 Å². The van der Waals surface area contributed by atoms with Crippen LogP contribution < -0.4 is 5.32 Å². The van der Waals surface area contributed by atoms with E-state index in [0.29, 0.717) is 23.0 Å². The maximum absolute atomic E-state index is 13.3. The normalized spacial score (nSPS) is 13.5. The molecule has 1 atom stereocenters. The van der Waals surface area contributed by atoms with E-state index in [1.807, 2.05) is 6.92 Å². The second kappa shape index (κ2) is 7.98. The van der Waals surface area contributed by atoms with Crippen molar-refractivity contribution in [1.29, 1.82) is 0 Å². The van der Waals surface area contributed by atoms with Gasteiger partial charge in [-0.1, -0.05) is 22.9 Å². The van der Waals surface area contributed by atoms with Crippen molar-refractivity contribution in [3.05, 3.63) is 34.1 Å². The molecule has 0 heterocycles. The summed E-state index contributed by atoms with van der Waals surface area (Å²) in [5.74, 6) is -0.387. The molecule has 6 heteroatoms. The summed E-state index contributed by atoms with van der Waals surface area (Å²) in [4.78, 5) is 0. The van der Waals surface area contributed by atoms with Gasteiger partial charge in [-0.05, 0) is 49.6 Å². The van der Waals surface area contributed by atoms with Gasteiger partial charge in [0.2, 0.25) is 0 Å². The van der Waals surface area contributed by atoms with E-state index in [-0.39, 0.29) is 18.3 Å². The lowest BCUT2D eigenvalue weighted by atomic mass is 10.0. The zero-order valence-corrected chi connectivity index (χ0v) is 12.8. The molecule has 0 fully saturated rings. The molecule has 1 aromatic rings. The zero-order valence-electron chi connectivity index (χ0n) is 11.2. The maximum Gasteiger partial charge on any atom is 0.389 e. The van der Waals surface area contributed by atoms with Crippen molar-refractivity contribution in [2.45, 2.75) is 44.8 Å². The molecular formula is C14H18BrF4N. The van der Waals surface area contributed by atoms with Crippen LogP contribution in [0.3, 0.4) is 0 Å². The van der Waals surface area contributed by atoms with Crippen molar-refractivity contribution in [2.24, 2.45) is 0 Å². The Hall–Kier alpha value is -0.620. The third-order valence-corrected chi connectivity index (χ3v) is 3.65. The van der Waals surface area contributed by atoms with Crippen LogP contribution in [0.4, 0.5) is 17.6 Å². The molecule has 1 unspecified atom stereocenters. The van der Waals surface area contributed by atoms with Crippen LogP contribution in [0.25, 0.3) is 0 Å². The number of rotatable bonds is 7. The molecule has 1 nitrogen and oxygen atoms in total. The second-order valence-electron chi connectivity index (χ2n) is 4.68. The Balaban J connectivity index is 2.75. The van der Waals surface area contributed by atoms with Crippen LogP contribution in [-0.4, -0.2) is 12.7 Å². The van der Waals surface area contributed by atoms with Gasteiger partial charge in [-0.15, -0.1) is 0 Å². The van der Waals surface area contributed by atoms with Crippen LogP contribution in [0.2, 0.25) is 0 Å². The average Bonchev–Trinajstić information content (AvgIpc) is 2.35. The molecule has 0 bridgehead atoms. The first-order chi connectivity index (χ1) is 9.33. The first kappa shape index (κ1) is 17.4. The lowest BCUT2D eigenvalue weighted by molar-refractivity contribution is -0.135. The predicted octanol–water partition coefficient (Wildman–Crippen LogP) is 5.36. The highest BCUT2D eigenvalue weighted by atomic mass is 79.9. The second-order valence-corrected chi connectivity index (χ2v) is 5.53. The summed E-state index contributed by atoms with van der Waals surface area (Å²) < 4.78 is 50.7. The van der Waals surface area contributed by atoms with Gasteiger partial charge >= 0.3 is 6.18 Å². The summed E-state index contributed by atoms with van der Waals surface area (Å²) >= 11 is 3.33. The van der Waals surface area contributed by atoms with Gasteiger partial charge in [0, 0.05) is 16.9 Å². The highest BCUT2D eigenvalue weighted by Crippen LogP contribution is 2.30. The SMILES string of the molecule is CCCNC(CCCC(F)(F)F)c1cc(F)ccc1Br. The Labute approximate surface area is 124 Å². The van der Waals surface area contributed by atoms with E-state index in [0.717, 1.165) is 6.42 Å². The molecule has 0 saturated heterocycles. The van der Waals surface area contributed by atoms with Gasteiger partial charge in [0.05, 0.1) is 0 Å². The van der Waals surface area contributed by atoms with E-state index in [4.69, 9.17) is 0 Å². The van der Waals surface area contributed by atoms with Crippen molar-refractivity contribution in [3.63, 3.8) is 0 Å². The summed E-state index contributed by atoms with van der Waals surface area (Å²) in [6.07, 6.45) is -3.75. The summed E-state index contributed by atoms with van der Waals surface area (Å²) in [7, 11) is 0. The van der Waals surface area contributed by atoms with E-state index < -0.39 is 12.6 Å². The van der Waals surface area contributed by atoms with Crippen molar-refractivity contribution >= 4 is 15.9 Å². The average molecular weight is 356 g/mol. The topological polar surface area (TPSA) is 12.0 Å². The van der Waals surface area contributed by atoms with E-state index in [9.17, 15) is 17.6 Å². The molecule has 0 aliphatic rings. The molecule has 1 N–H and O–H groups in total. The molecule has 20 heavy (non-hydrogen) atoms. The molecule has 0 amide bonds. The van der Waals surface area contributed by atoms with Crippen molar-refractivity contribution in [3.8, 4) is 0 Å². The molecule has 114 valence electrons. The van der Waals surface area contributed by atoms with E-state index in [1.54, 1.807) is 6.07 Å². The Morgan fingerprint density at radius 1 is 1.30 bits per heavy atom. The van der Waals surface area contributed by atoms with Gasteiger partial charge < -0.3 is 5.32 Å². The van der Waals surface area contributed by atoms with E-state index >= 15 is 0 Å². The minimum Gasteiger partial charge on any atom is -0.310 e. The van der Waals surface area contributed by atoms with E-state index in [1.165, 1.54) is 12.1 Å². The lowest BCUT2D eigenvalue weighted by Crippen LogP contribution is -2.23. The first-order valence-corrected chi connectivity index (χ1v) is 7.38. The minimum atomic E-state index is -4.14. The van der Waals surface area contributed by atoms with Gasteiger partial charge in [0.15, 0.2) is 0 Å². The van der Waals surface area contributed by atoms with Gasteiger partial charge in [-0.25, -0.2) is 4.39 Å². The van der Waals surface area contributed by atoms with Gasteiger partial charge in [0.1, 0.15) is 5.82 Å². The van der Waals surface area contributed by atoms with Gasteiger partial charge in [0.25, 0.3) is 0 Å². The summed E-state index contributed by atoms with van der Waals surface area (Å²) in [6.45, 7) is 2.65. The number of hydrogen-bond donors (Lipinski definition) is 1. The van der Waals surface area contributed by atoms with Crippen LogP contribution in [0, 0.1) is 5.82 Å². The highest BCUT2D eigenvalue weighted by molar-refractivity contribution is 9.10. The third-order valence-electron chi connectivity index (χ3n) is 2.93. The Bertz CT molecular complexity index is 420. The number of halogens is 5. The fourth-order valence-corrected chi connectivity index (χ4v) is 2.50. The highest BCUT2D eigenvalue weighted by Gasteiger charge is 2.27. The monoisotopic (exact) mass is 355 g/mol. The first-order valence-electron chi connectivity index (χ1n) is 6.58. The van der Waals surface area contributed by atoms with Crippen LogP contribution in [0.1, 0.15) is 44.2 Å². The van der Waals surface area contributed by atoms with Crippen molar-refractivity contribution < 1.29 is 17.6 Å².